The van der Waals surface area contributed by atoms with Gasteiger partial charge in [0.25, 0.3) is 0 Å². The number of anilines is 2. The van der Waals surface area contributed by atoms with Crippen LogP contribution in [0.1, 0.15) is 19.7 Å². The average molecular weight is 492 g/mol. The summed E-state index contributed by atoms with van der Waals surface area (Å²) < 4.78 is 20.4. The number of rotatable bonds is 10. The lowest BCUT2D eigenvalue weighted by Crippen LogP contribution is -2.18. The molecule has 0 aliphatic carbocycles. The number of carbonyl (C=O) groups is 2. The molecule has 8 nitrogen and oxygen atoms in total. The first kappa shape index (κ1) is 24.5. The minimum Gasteiger partial charge on any atom is -0.494 e. The topological polar surface area (TPSA) is 98.1 Å². The van der Waals surface area contributed by atoms with Crippen molar-refractivity contribution in [1.82, 2.24) is 14.8 Å². The summed E-state index contributed by atoms with van der Waals surface area (Å²) in [6.07, 6.45) is 0.0366. The monoisotopic (exact) mass is 491 g/mol. The van der Waals surface area contributed by atoms with Crippen LogP contribution in [-0.4, -0.2) is 38.9 Å². The maximum atomic E-state index is 13.2. The summed E-state index contributed by atoms with van der Waals surface area (Å²) in [6.45, 7) is 4.92. The molecule has 0 saturated carbocycles. The van der Waals surface area contributed by atoms with Gasteiger partial charge in [-0.25, -0.2) is 4.39 Å². The molecule has 11 heteroatoms. The molecule has 0 saturated heterocycles. The molecule has 1 aromatic heterocycles. The molecule has 33 heavy (non-hydrogen) atoms. The molecule has 0 fully saturated rings. The number of benzene rings is 2. The van der Waals surface area contributed by atoms with Gasteiger partial charge in [-0.3, -0.25) is 9.59 Å². The third kappa shape index (κ3) is 6.93. The van der Waals surface area contributed by atoms with E-state index in [4.69, 9.17) is 16.3 Å². The fourth-order valence-corrected chi connectivity index (χ4v) is 3.93. The zero-order chi connectivity index (χ0) is 23.8. The highest BCUT2D eigenvalue weighted by molar-refractivity contribution is 7.99. The Morgan fingerprint density at radius 1 is 1.06 bits per heavy atom. The van der Waals surface area contributed by atoms with Gasteiger partial charge in [-0.05, 0) is 56.3 Å². The fourth-order valence-electron chi connectivity index (χ4n) is 2.93. The van der Waals surface area contributed by atoms with Gasteiger partial charge in [0.05, 0.1) is 23.8 Å². The first-order valence-electron chi connectivity index (χ1n) is 10.2. The molecular formula is C22H23ClFN5O3S. The van der Waals surface area contributed by atoms with Gasteiger partial charge >= 0.3 is 0 Å². The lowest BCUT2D eigenvalue weighted by atomic mass is 10.3. The summed E-state index contributed by atoms with van der Waals surface area (Å²) in [5.41, 5.74) is 1.05. The summed E-state index contributed by atoms with van der Waals surface area (Å²) in [5.74, 6) is 0.195. The Labute approximate surface area is 199 Å². The van der Waals surface area contributed by atoms with Gasteiger partial charge in [-0.1, -0.05) is 23.4 Å². The second-order valence-corrected chi connectivity index (χ2v) is 8.14. The zero-order valence-electron chi connectivity index (χ0n) is 18.1. The van der Waals surface area contributed by atoms with Crippen molar-refractivity contribution in [2.45, 2.75) is 32.0 Å². The second-order valence-electron chi connectivity index (χ2n) is 6.79. The highest BCUT2D eigenvalue weighted by atomic mass is 35.5. The molecule has 1 heterocycles. The molecule has 0 aliphatic rings. The van der Waals surface area contributed by atoms with Crippen LogP contribution in [0.5, 0.6) is 5.75 Å². The van der Waals surface area contributed by atoms with E-state index in [9.17, 15) is 14.0 Å². The van der Waals surface area contributed by atoms with Crippen molar-refractivity contribution in [2.24, 2.45) is 0 Å². The maximum Gasteiger partial charge on any atom is 0.234 e. The van der Waals surface area contributed by atoms with E-state index in [-0.39, 0.29) is 29.0 Å². The Bertz CT molecular complexity index is 1120. The number of carbonyl (C=O) groups excluding carboxylic acids is 2. The smallest absolute Gasteiger partial charge is 0.234 e. The van der Waals surface area contributed by atoms with Crippen molar-refractivity contribution in [2.75, 3.05) is 23.0 Å². The summed E-state index contributed by atoms with van der Waals surface area (Å²) in [6, 6.07) is 11.1. The van der Waals surface area contributed by atoms with Crippen LogP contribution >= 0.6 is 23.4 Å². The van der Waals surface area contributed by atoms with Crippen LogP contribution in [0.25, 0.3) is 0 Å². The van der Waals surface area contributed by atoms with Crippen LogP contribution in [0.3, 0.4) is 0 Å². The lowest BCUT2D eigenvalue weighted by molar-refractivity contribution is -0.116. The zero-order valence-corrected chi connectivity index (χ0v) is 19.7. The Hall–Kier alpha value is -3.11. The van der Waals surface area contributed by atoms with Crippen LogP contribution < -0.4 is 15.4 Å². The molecule has 2 N–H and O–H groups in total. The summed E-state index contributed by atoms with van der Waals surface area (Å²) in [5, 5.41) is 14.2. The molecule has 0 atom stereocenters. The van der Waals surface area contributed by atoms with Crippen molar-refractivity contribution >= 4 is 46.6 Å². The average Bonchev–Trinajstić information content (AvgIpc) is 3.17. The Morgan fingerprint density at radius 3 is 2.42 bits per heavy atom. The van der Waals surface area contributed by atoms with Crippen molar-refractivity contribution < 1.29 is 18.7 Å². The molecule has 0 aliphatic heterocycles. The van der Waals surface area contributed by atoms with E-state index >= 15 is 0 Å². The third-order valence-corrected chi connectivity index (χ3v) is 5.67. The van der Waals surface area contributed by atoms with Crippen LogP contribution in [0, 0.1) is 5.82 Å². The Balaban J connectivity index is 1.55. The van der Waals surface area contributed by atoms with Gasteiger partial charge in [-0.15, -0.1) is 10.2 Å². The number of ether oxygens (including phenoxy) is 1. The van der Waals surface area contributed by atoms with E-state index in [1.807, 2.05) is 13.8 Å². The van der Waals surface area contributed by atoms with Crippen molar-refractivity contribution in [3.05, 3.63) is 59.1 Å². The van der Waals surface area contributed by atoms with Gasteiger partial charge in [0.2, 0.25) is 11.8 Å². The first-order chi connectivity index (χ1) is 15.9. The normalized spacial score (nSPS) is 10.7. The minimum absolute atomic E-state index is 0.0366. The predicted molar refractivity (Wildman–Crippen MR) is 126 cm³/mol. The predicted octanol–water partition coefficient (Wildman–Crippen LogP) is 4.40. The van der Waals surface area contributed by atoms with E-state index in [0.29, 0.717) is 35.5 Å². The van der Waals surface area contributed by atoms with Crippen LogP contribution in [-0.2, 0) is 22.6 Å². The molecule has 174 valence electrons. The van der Waals surface area contributed by atoms with Crippen molar-refractivity contribution in [1.29, 1.82) is 0 Å². The number of halogens is 2. The molecular weight excluding hydrogens is 469 g/mol. The highest BCUT2D eigenvalue weighted by Crippen LogP contribution is 2.21. The van der Waals surface area contributed by atoms with Gasteiger partial charge < -0.3 is 19.9 Å². The molecule has 3 aromatic rings. The van der Waals surface area contributed by atoms with E-state index < -0.39 is 5.82 Å². The van der Waals surface area contributed by atoms with Gasteiger partial charge in [-0.2, -0.15) is 0 Å². The van der Waals surface area contributed by atoms with Crippen molar-refractivity contribution in [3.8, 4) is 5.75 Å². The molecule has 0 bridgehead atoms. The van der Waals surface area contributed by atoms with E-state index in [1.54, 1.807) is 28.8 Å². The number of hydrogen-bond donors (Lipinski definition) is 2. The third-order valence-electron chi connectivity index (χ3n) is 4.41. The van der Waals surface area contributed by atoms with Gasteiger partial charge in [0.1, 0.15) is 17.4 Å². The Morgan fingerprint density at radius 2 is 1.76 bits per heavy atom. The summed E-state index contributed by atoms with van der Waals surface area (Å²) >= 11 is 6.92. The highest BCUT2D eigenvalue weighted by Gasteiger charge is 2.16. The quantitative estimate of drug-likeness (QED) is 0.408. The van der Waals surface area contributed by atoms with Crippen LogP contribution in [0.15, 0.2) is 47.6 Å². The van der Waals surface area contributed by atoms with E-state index in [0.717, 1.165) is 5.75 Å². The number of thioether (sulfide) groups is 1. The van der Waals surface area contributed by atoms with Gasteiger partial charge in [0.15, 0.2) is 5.16 Å². The molecule has 0 spiro atoms. The molecule has 0 radical (unpaired) electrons. The number of nitrogens with zero attached hydrogens (tertiary/aromatic N) is 3. The summed E-state index contributed by atoms with van der Waals surface area (Å²) in [4.78, 5) is 24.7. The second kappa shape index (κ2) is 11.7. The van der Waals surface area contributed by atoms with Crippen molar-refractivity contribution in [3.63, 3.8) is 0 Å². The number of amides is 2. The van der Waals surface area contributed by atoms with Crippen LogP contribution in [0.2, 0.25) is 5.02 Å². The van der Waals surface area contributed by atoms with Gasteiger partial charge in [0, 0.05) is 17.9 Å². The molecule has 2 aromatic carbocycles. The number of nitrogens with one attached hydrogen (secondary N) is 2. The SMILES string of the molecule is CCOc1ccc(NC(=O)Cc2nnc(SCC(=O)Nc3ccc(F)c(Cl)c3)n2CC)cc1. The maximum absolute atomic E-state index is 13.2. The van der Waals surface area contributed by atoms with E-state index in [1.165, 1.54) is 30.0 Å². The lowest BCUT2D eigenvalue weighted by Gasteiger charge is -2.09. The fraction of sp³-hybridized carbons (Fsp3) is 0.273. The van der Waals surface area contributed by atoms with E-state index in [2.05, 4.69) is 20.8 Å². The minimum atomic E-state index is -0.556. The molecule has 2 amide bonds. The molecule has 0 unspecified atom stereocenters. The standard InChI is InChI=1S/C22H23ClFN5O3S/c1-3-29-19(12-20(30)25-14-5-8-16(9-6-14)32-4-2)27-28-22(29)33-13-21(31)26-15-7-10-18(24)17(23)11-15/h5-11H,3-4,12-13H2,1-2H3,(H,25,30)(H,26,31). The molecule has 3 rings (SSSR count). The first-order valence-corrected chi connectivity index (χ1v) is 11.6. The largest absolute Gasteiger partial charge is 0.494 e. The number of aromatic nitrogens is 3. The van der Waals surface area contributed by atoms with Crippen LogP contribution in [0.4, 0.5) is 15.8 Å². The summed E-state index contributed by atoms with van der Waals surface area (Å²) in [7, 11) is 0. The number of hydrogen-bond acceptors (Lipinski definition) is 6. The Kier molecular flexibility index (Phi) is 8.67.